The zero-order valence-electron chi connectivity index (χ0n) is 9.72. The lowest BCUT2D eigenvalue weighted by molar-refractivity contribution is -0.145. The lowest BCUT2D eigenvalue weighted by Crippen LogP contribution is -2.18. The normalized spacial score (nSPS) is 11.9. The predicted octanol–water partition coefficient (Wildman–Crippen LogP) is 4.31. The van der Waals surface area contributed by atoms with Crippen LogP contribution in [-0.2, 0) is 4.79 Å². The van der Waals surface area contributed by atoms with E-state index in [4.69, 9.17) is 16.3 Å². The summed E-state index contributed by atoms with van der Waals surface area (Å²) >= 11 is 9.09. The van der Waals surface area contributed by atoms with E-state index < -0.39 is 12.1 Å². The summed E-state index contributed by atoms with van der Waals surface area (Å²) < 4.78 is 6.39. The standard InChI is InChI=1S/C14H10BrClO3/c15-10-3-7-12(8-4-10)19-13(14(17)18)9-1-5-11(16)6-2-9/h1-8,13H,(H,17,18)/t13-/m0/s1. The molecule has 0 aliphatic carbocycles. The first kappa shape index (κ1) is 13.9. The van der Waals surface area contributed by atoms with Gasteiger partial charge in [0.05, 0.1) is 0 Å². The summed E-state index contributed by atoms with van der Waals surface area (Å²) in [4.78, 5) is 11.3. The molecule has 0 aliphatic rings. The molecule has 1 atom stereocenters. The van der Waals surface area contributed by atoms with E-state index in [9.17, 15) is 9.90 Å². The molecule has 0 spiro atoms. The van der Waals surface area contributed by atoms with Gasteiger partial charge < -0.3 is 9.84 Å². The van der Waals surface area contributed by atoms with Gasteiger partial charge in [-0.25, -0.2) is 4.79 Å². The van der Waals surface area contributed by atoms with Crippen LogP contribution >= 0.6 is 27.5 Å². The lowest BCUT2D eigenvalue weighted by Gasteiger charge is -2.15. The fourth-order valence-corrected chi connectivity index (χ4v) is 1.94. The maximum absolute atomic E-state index is 11.3. The number of rotatable bonds is 4. The van der Waals surface area contributed by atoms with Crippen LogP contribution in [0.3, 0.4) is 0 Å². The van der Waals surface area contributed by atoms with E-state index >= 15 is 0 Å². The highest BCUT2D eigenvalue weighted by atomic mass is 79.9. The molecule has 0 radical (unpaired) electrons. The minimum absolute atomic E-state index is 0.491. The van der Waals surface area contributed by atoms with Gasteiger partial charge in [-0.1, -0.05) is 39.7 Å². The molecule has 0 aromatic heterocycles. The maximum atomic E-state index is 11.3. The monoisotopic (exact) mass is 340 g/mol. The number of carbonyl (C=O) groups is 1. The molecule has 0 unspecified atom stereocenters. The van der Waals surface area contributed by atoms with Crippen LogP contribution in [0.1, 0.15) is 11.7 Å². The first-order valence-corrected chi connectivity index (χ1v) is 6.64. The lowest BCUT2D eigenvalue weighted by atomic mass is 10.1. The summed E-state index contributed by atoms with van der Waals surface area (Å²) in [5.41, 5.74) is 0.541. The van der Waals surface area contributed by atoms with Gasteiger partial charge in [0.1, 0.15) is 5.75 Å². The molecule has 2 aromatic rings. The predicted molar refractivity (Wildman–Crippen MR) is 76.6 cm³/mol. The van der Waals surface area contributed by atoms with Crippen LogP contribution in [-0.4, -0.2) is 11.1 Å². The number of carboxylic acids is 1. The number of carboxylic acid groups (broad SMARTS) is 1. The van der Waals surface area contributed by atoms with Crippen molar-refractivity contribution in [1.29, 1.82) is 0 Å². The van der Waals surface area contributed by atoms with Gasteiger partial charge in [0.25, 0.3) is 0 Å². The zero-order chi connectivity index (χ0) is 13.8. The third kappa shape index (κ3) is 3.72. The quantitative estimate of drug-likeness (QED) is 0.901. The summed E-state index contributed by atoms with van der Waals surface area (Å²) in [6.07, 6.45) is -1.06. The minimum Gasteiger partial charge on any atom is -0.478 e. The first-order valence-electron chi connectivity index (χ1n) is 5.47. The van der Waals surface area contributed by atoms with Gasteiger partial charge in [-0.2, -0.15) is 0 Å². The third-order valence-corrected chi connectivity index (χ3v) is 3.25. The number of halogens is 2. The van der Waals surface area contributed by atoms with Crippen LogP contribution in [0.15, 0.2) is 53.0 Å². The molecule has 2 aromatic carbocycles. The van der Waals surface area contributed by atoms with E-state index in [1.54, 1.807) is 48.5 Å². The zero-order valence-corrected chi connectivity index (χ0v) is 12.1. The molecule has 5 heteroatoms. The van der Waals surface area contributed by atoms with Crippen LogP contribution in [0.25, 0.3) is 0 Å². The Morgan fingerprint density at radius 2 is 1.68 bits per heavy atom. The smallest absolute Gasteiger partial charge is 0.349 e. The van der Waals surface area contributed by atoms with Crippen LogP contribution in [0.2, 0.25) is 5.02 Å². The Kier molecular flexibility index (Phi) is 4.45. The molecule has 2 rings (SSSR count). The average Bonchev–Trinajstić information content (AvgIpc) is 2.39. The Hall–Kier alpha value is -1.52. The molecule has 1 N–H and O–H groups in total. The second-order valence-corrected chi connectivity index (χ2v) is 5.19. The Morgan fingerprint density at radius 1 is 1.11 bits per heavy atom. The fraction of sp³-hybridized carbons (Fsp3) is 0.0714. The maximum Gasteiger partial charge on any atom is 0.349 e. The average molecular weight is 342 g/mol. The molecule has 0 saturated heterocycles. The van der Waals surface area contributed by atoms with Crippen LogP contribution in [0, 0.1) is 0 Å². The number of hydrogen-bond acceptors (Lipinski definition) is 2. The molecule has 3 nitrogen and oxygen atoms in total. The molecule has 0 aliphatic heterocycles. The number of ether oxygens (including phenoxy) is 1. The topological polar surface area (TPSA) is 46.5 Å². The van der Waals surface area contributed by atoms with Crippen LogP contribution in [0.5, 0.6) is 5.75 Å². The Labute approximate surface area is 123 Å². The molecule has 0 amide bonds. The van der Waals surface area contributed by atoms with Gasteiger partial charge in [0.15, 0.2) is 0 Å². The van der Waals surface area contributed by atoms with Crippen molar-refractivity contribution in [2.24, 2.45) is 0 Å². The van der Waals surface area contributed by atoms with E-state index in [-0.39, 0.29) is 0 Å². The highest BCUT2D eigenvalue weighted by molar-refractivity contribution is 9.10. The van der Waals surface area contributed by atoms with Crippen molar-refractivity contribution < 1.29 is 14.6 Å². The second kappa shape index (κ2) is 6.08. The van der Waals surface area contributed by atoms with Crippen molar-refractivity contribution in [2.75, 3.05) is 0 Å². The van der Waals surface area contributed by atoms with Gasteiger partial charge in [-0.15, -0.1) is 0 Å². The first-order chi connectivity index (χ1) is 9.06. The van der Waals surface area contributed by atoms with E-state index in [2.05, 4.69) is 15.9 Å². The Morgan fingerprint density at radius 3 is 2.21 bits per heavy atom. The van der Waals surface area contributed by atoms with E-state index in [1.807, 2.05) is 0 Å². The fourth-order valence-electron chi connectivity index (χ4n) is 1.55. The van der Waals surface area contributed by atoms with Crippen molar-refractivity contribution in [2.45, 2.75) is 6.10 Å². The molecule has 0 bridgehead atoms. The highest BCUT2D eigenvalue weighted by Crippen LogP contribution is 2.25. The third-order valence-electron chi connectivity index (χ3n) is 2.46. The highest BCUT2D eigenvalue weighted by Gasteiger charge is 2.21. The number of hydrogen-bond donors (Lipinski definition) is 1. The summed E-state index contributed by atoms with van der Waals surface area (Å²) in [5, 5.41) is 9.80. The number of aliphatic carboxylic acids is 1. The Balaban J connectivity index is 2.23. The summed E-state index contributed by atoms with van der Waals surface area (Å²) in [5.74, 6) is -0.559. The van der Waals surface area contributed by atoms with Crippen molar-refractivity contribution in [1.82, 2.24) is 0 Å². The SMILES string of the molecule is O=C(O)[C@@H](Oc1ccc(Br)cc1)c1ccc(Cl)cc1. The molecule has 0 fully saturated rings. The largest absolute Gasteiger partial charge is 0.478 e. The van der Waals surface area contributed by atoms with Crippen LogP contribution in [0.4, 0.5) is 0 Å². The van der Waals surface area contributed by atoms with Gasteiger partial charge in [-0.05, 0) is 36.4 Å². The van der Waals surface area contributed by atoms with Gasteiger partial charge >= 0.3 is 5.97 Å². The van der Waals surface area contributed by atoms with Gasteiger partial charge in [0, 0.05) is 15.1 Å². The summed E-state index contributed by atoms with van der Waals surface area (Å²) in [6.45, 7) is 0. The molecule has 0 saturated carbocycles. The van der Waals surface area contributed by atoms with E-state index in [0.717, 1.165) is 4.47 Å². The second-order valence-electron chi connectivity index (χ2n) is 3.84. The van der Waals surface area contributed by atoms with E-state index in [1.165, 1.54) is 0 Å². The van der Waals surface area contributed by atoms with Gasteiger partial charge in [0.2, 0.25) is 6.10 Å². The molecule has 19 heavy (non-hydrogen) atoms. The Bertz CT molecular complexity index is 566. The van der Waals surface area contributed by atoms with Gasteiger partial charge in [-0.3, -0.25) is 0 Å². The van der Waals surface area contributed by atoms with Crippen molar-refractivity contribution in [3.8, 4) is 5.75 Å². The molecule has 0 heterocycles. The van der Waals surface area contributed by atoms with Crippen LogP contribution < -0.4 is 4.74 Å². The molecule has 98 valence electrons. The van der Waals surface area contributed by atoms with Crippen molar-refractivity contribution in [3.63, 3.8) is 0 Å². The van der Waals surface area contributed by atoms with Crippen molar-refractivity contribution in [3.05, 3.63) is 63.6 Å². The number of benzene rings is 2. The van der Waals surface area contributed by atoms with Crippen molar-refractivity contribution >= 4 is 33.5 Å². The summed E-state index contributed by atoms with van der Waals surface area (Å²) in [7, 11) is 0. The summed E-state index contributed by atoms with van der Waals surface area (Å²) in [6, 6.07) is 13.5. The molecular weight excluding hydrogens is 332 g/mol. The molecular formula is C14H10BrClO3. The minimum atomic E-state index is -1.06. The van der Waals surface area contributed by atoms with E-state index in [0.29, 0.717) is 16.3 Å².